The Morgan fingerprint density at radius 2 is 1.00 bits per heavy atom. The van der Waals surface area contributed by atoms with E-state index in [0.717, 1.165) is 0 Å². The minimum Gasteiger partial charge on any atom is -0.233 e. The van der Waals surface area contributed by atoms with Crippen LogP contribution in [0, 0.1) is 0 Å². The first kappa shape index (κ1) is 12.7. The van der Waals surface area contributed by atoms with Crippen LogP contribution >= 0.6 is 69.6 Å². The summed E-state index contributed by atoms with van der Waals surface area (Å²) in [5.74, 6) is 0. The molecule has 0 N–H and O–H groups in total. The molecule has 0 atom stereocenters. The van der Waals surface area contributed by atoms with Crippen molar-refractivity contribution in [3.63, 3.8) is 0 Å². The number of hydrogen-bond acceptors (Lipinski definition) is 0. The van der Waals surface area contributed by atoms with Crippen LogP contribution < -0.4 is 5.32 Å². The molecule has 0 aliphatic rings. The molecular formula is C4H4Cl6N. The summed E-state index contributed by atoms with van der Waals surface area (Å²) in [6, 6.07) is 0. The van der Waals surface area contributed by atoms with Gasteiger partial charge in [-0.15, -0.1) is 0 Å². The SMILES string of the molecule is ClC(Cl)(Cl)C[N]CC(Cl)(Cl)Cl. The molecule has 1 nitrogen and oxygen atoms in total. The van der Waals surface area contributed by atoms with E-state index in [-0.39, 0.29) is 13.1 Å². The van der Waals surface area contributed by atoms with Crippen molar-refractivity contribution in [3.05, 3.63) is 0 Å². The Hall–Kier alpha value is 1.70. The van der Waals surface area contributed by atoms with Gasteiger partial charge in [-0.05, 0) is 0 Å². The molecule has 0 aromatic carbocycles. The van der Waals surface area contributed by atoms with Crippen LogP contribution in [-0.4, -0.2) is 20.7 Å². The lowest BCUT2D eigenvalue weighted by Crippen LogP contribution is -2.27. The van der Waals surface area contributed by atoms with Gasteiger partial charge in [0.15, 0.2) is 0 Å². The Kier molecular flexibility index (Phi) is 5.55. The van der Waals surface area contributed by atoms with Crippen LogP contribution in [0.4, 0.5) is 0 Å². The van der Waals surface area contributed by atoms with Crippen LogP contribution in [0.25, 0.3) is 0 Å². The van der Waals surface area contributed by atoms with Gasteiger partial charge in [0.1, 0.15) is 0 Å². The molecule has 0 rings (SSSR count). The van der Waals surface area contributed by atoms with Crippen molar-refractivity contribution in [2.45, 2.75) is 7.59 Å². The molecule has 1 radical (unpaired) electrons. The van der Waals surface area contributed by atoms with Crippen LogP contribution in [0.2, 0.25) is 0 Å². The third-order valence-corrected chi connectivity index (χ3v) is 1.30. The van der Waals surface area contributed by atoms with E-state index in [1.54, 1.807) is 0 Å². The summed E-state index contributed by atoms with van der Waals surface area (Å²) < 4.78 is -2.81. The van der Waals surface area contributed by atoms with E-state index in [4.69, 9.17) is 69.6 Å². The molecule has 0 amide bonds. The quantitative estimate of drug-likeness (QED) is 0.688. The minimum atomic E-state index is -1.41. The highest BCUT2D eigenvalue weighted by Crippen LogP contribution is 2.28. The normalized spacial score (nSPS) is 13.6. The molecule has 0 bridgehead atoms. The lowest BCUT2D eigenvalue weighted by Gasteiger charge is -2.13. The van der Waals surface area contributed by atoms with E-state index in [0.29, 0.717) is 0 Å². The van der Waals surface area contributed by atoms with Crippen molar-refractivity contribution in [2.24, 2.45) is 0 Å². The van der Waals surface area contributed by atoms with Gasteiger partial charge in [-0.2, -0.15) is 0 Å². The fourth-order valence-electron chi connectivity index (χ4n) is 0.309. The standard InChI is InChI=1S/C4H4Cl6N/c5-3(6,7)1-11-2-4(8,9)10/h1-2H2. The second-order valence-corrected chi connectivity index (χ2v) is 6.80. The maximum atomic E-state index is 5.37. The Morgan fingerprint density at radius 3 is 1.18 bits per heavy atom. The Morgan fingerprint density at radius 1 is 0.727 bits per heavy atom. The van der Waals surface area contributed by atoms with Crippen LogP contribution in [-0.2, 0) is 0 Å². The Labute approximate surface area is 95.2 Å². The number of alkyl halides is 6. The van der Waals surface area contributed by atoms with Crippen LogP contribution in [0.1, 0.15) is 0 Å². The summed E-state index contributed by atoms with van der Waals surface area (Å²) in [4.78, 5) is 0. The summed E-state index contributed by atoms with van der Waals surface area (Å²) in [5, 5.41) is 3.72. The molecule has 0 unspecified atom stereocenters. The maximum absolute atomic E-state index is 5.37. The van der Waals surface area contributed by atoms with Gasteiger partial charge in [0.25, 0.3) is 0 Å². The summed E-state index contributed by atoms with van der Waals surface area (Å²) >= 11 is 32.2. The van der Waals surface area contributed by atoms with Gasteiger partial charge in [-0.25, -0.2) is 5.32 Å². The first-order valence-electron chi connectivity index (χ1n) is 2.47. The zero-order chi connectivity index (χ0) is 9.12. The van der Waals surface area contributed by atoms with Gasteiger partial charge < -0.3 is 0 Å². The molecule has 0 fully saturated rings. The fraction of sp³-hybridized carbons (Fsp3) is 1.00. The smallest absolute Gasteiger partial charge is 0.204 e. The molecule has 0 heterocycles. The number of hydrogen-bond donors (Lipinski definition) is 0. The molecular weight excluding hydrogens is 275 g/mol. The van der Waals surface area contributed by atoms with E-state index < -0.39 is 7.59 Å². The number of rotatable bonds is 2. The van der Waals surface area contributed by atoms with Gasteiger partial charge >= 0.3 is 0 Å². The number of nitrogens with zero attached hydrogens (tertiary/aromatic N) is 1. The first-order valence-corrected chi connectivity index (χ1v) is 4.74. The van der Waals surface area contributed by atoms with Crippen molar-refractivity contribution in [1.29, 1.82) is 0 Å². The summed E-state index contributed by atoms with van der Waals surface area (Å²) in [7, 11) is 0. The molecule has 0 spiro atoms. The minimum absolute atomic E-state index is 0.0194. The summed E-state index contributed by atoms with van der Waals surface area (Å²) in [6.07, 6.45) is 0. The zero-order valence-corrected chi connectivity index (χ0v) is 9.66. The summed E-state index contributed by atoms with van der Waals surface area (Å²) in [5.41, 5.74) is 0. The highest BCUT2D eigenvalue weighted by Gasteiger charge is 2.24. The molecule has 0 saturated carbocycles. The van der Waals surface area contributed by atoms with E-state index in [9.17, 15) is 0 Å². The first-order chi connectivity index (χ1) is 4.71. The van der Waals surface area contributed by atoms with E-state index in [1.165, 1.54) is 0 Å². The van der Waals surface area contributed by atoms with Gasteiger partial charge in [-0.3, -0.25) is 0 Å². The van der Waals surface area contributed by atoms with Crippen molar-refractivity contribution >= 4 is 69.6 Å². The number of halogens is 6. The highest BCUT2D eigenvalue weighted by atomic mass is 35.6. The third-order valence-electron chi connectivity index (χ3n) is 0.582. The van der Waals surface area contributed by atoms with Crippen LogP contribution in [0.5, 0.6) is 0 Å². The average molecular weight is 279 g/mol. The maximum Gasteiger partial charge on any atom is 0.204 e. The summed E-state index contributed by atoms with van der Waals surface area (Å²) in [6.45, 7) is 0.0388. The molecule has 67 valence electrons. The molecule has 0 aromatic rings. The van der Waals surface area contributed by atoms with E-state index >= 15 is 0 Å². The lowest BCUT2D eigenvalue weighted by atomic mass is 10.6. The largest absolute Gasteiger partial charge is 0.233 e. The van der Waals surface area contributed by atoms with Crippen LogP contribution in [0.3, 0.4) is 0 Å². The molecule has 0 aliphatic carbocycles. The Bertz CT molecular complexity index is 98.7. The van der Waals surface area contributed by atoms with Gasteiger partial charge in [0.05, 0.1) is 13.1 Å². The van der Waals surface area contributed by atoms with E-state index in [2.05, 4.69) is 5.32 Å². The molecule has 0 saturated heterocycles. The van der Waals surface area contributed by atoms with Gasteiger partial charge in [0, 0.05) is 0 Å². The second kappa shape index (κ2) is 4.80. The Balaban J connectivity index is 3.44. The van der Waals surface area contributed by atoms with Crippen molar-refractivity contribution in [1.82, 2.24) is 5.32 Å². The van der Waals surface area contributed by atoms with Crippen molar-refractivity contribution in [3.8, 4) is 0 Å². The topological polar surface area (TPSA) is 14.1 Å². The molecule has 11 heavy (non-hydrogen) atoms. The fourth-order valence-corrected chi connectivity index (χ4v) is 0.817. The lowest BCUT2D eigenvalue weighted by molar-refractivity contribution is 0.688. The third kappa shape index (κ3) is 11.7. The van der Waals surface area contributed by atoms with Crippen molar-refractivity contribution in [2.75, 3.05) is 13.1 Å². The monoisotopic (exact) mass is 276 g/mol. The average Bonchev–Trinajstić information content (AvgIpc) is 1.55. The highest BCUT2D eigenvalue weighted by molar-refractivity contribution is 6.68. The molecule has 0 aliphatic heterocycles. The predicted octanol–water partition coefficient (Wildman–Crippen LogP) is 3.33. The van der Waals surface area contributed by atoms with Gasteiger partial charge in [0.2, 0.25) is 7.59 Å². The molecule has 7 heteroatoms. The zero-order valence-electron chi connectivity index (χ0n) is 5.13. The second-order valence-electron chi connectivity index (χ2n) is 1.77. The van der Waals surface area contributed by atoms with Gasteiger partial charge in [-0.1, -0.05) is 69.6 Å². The predicted molar refractivity (Wildman–Crippen MR) is 52.4 cm³/mol. The molecule has 0 aromatic heterocycles. The van der Waals surface area contributed by atoms with E-state index in [1.807, 2.05) is 0 Å². The van der Waals surface area contributed by atoms with Crippen molar-refractivity contribution < 1.29 is 0 Å². The van der Waals surface area contributed by atoms with Crippen LogP contribution in [0.15, 0.2) is 0 Å².